The summed E-state index contributed by atoms with van der Waals surface area (Å²) in [7, 11) is 0. The second-order valence-electron chi connectivity index (χ2n) is 4.95. The van der Waals surface area contributed by atoms with Crippen LogP contribution in [0.5, 0.6) is 0 Å². The number of anilines is 1. The van der Waals surface area contributed by atoms with Crippen molar-refractivity contribution in [1.82, 2.24) is 15.1 Å². The lowest BCUT2D eigenvalue weighted by atomic mass is 10.1. The first-order valence-electron chi connectivity index (χ1n) is 6.55. The van der Waals surface area contributed by atoms with Crippen LogP contribution < -0.4 is 10.9 Å². The molecule has 0 spiro atoms. The van der Waals surface area contributed by atoms with Crippen molar-refractivity contribution in [3.05, 3.63) is 51.4 Å². The third kappa shape index (κ3) is 2.34. The number of nitrogens with one attached hydrogen (secondary N) is 3. The lowest BCUT2D eigenvalue weighted by molar-refractivity contribution is 0.396. The summed E-state index contributed by atoms with van der Waals surface area (Å²) in [5.41, 5.74) is 3.87. The van der Waals surface area contributed by atoms with Crippen molar-refractivity contribution in [1.29, 1.82) is 0 Å². The SMILES string of the molecule is Cc1ccccc1NC(=S)N1CCc2[nH][nH]c(=O)c2C1. The summed E-state index contributed by atoms with van der Waals surface area (Å²) in [5, 5.41) is 9.46. The first-order chi connectivity index (χ1) is 9.65. The van der Waals surface area contributed by atoms with E-state index in [0.717, 1.165) is 35.5 Å². The van der Waals surface area contributed by atoms with Crippen LogP contribution in [0.4, 0.5) is 5.69 Å². The molecule has 5 nitrogen and oxygen atoms in total. The molecule has 0 aliphatic carbocycles. The summed E-state index contributed by atoms with van der Waals surface area (Å²) in [5.74, 6) is 0. The predicted octanol–water partition coefficient (Wildman–Crippen LogP) is 1.77. The van der Waals surface area contributed by atoms with Crippen molar-refractivity contribution < 1.29 is 0 Å². The number of nitrogens with zero attached hydrogens (tertiary/aromatic N) is 1. The molecule has 0 saturated heterocycles. The van der Waals surface area contributed by atoms with E-state index in [2.05, 4.69) is 15.5 Å². The minimum Gasteiger partial charge on any atom is -0.344 e. The number of benzene rings is 1. The van der Waals surface area contributed by atoms with Crippen LogP contribution in [0.1, 0.15) is 16.8 Å². The maximum Gasteiger partial charge on any atom is 0.269 e. The zero-order valence-corrected chi connectivity index (χ0v) is 12.0. The number of para-hydroxylation sites is 1. The Bertz CT molecular complexity index is 703. The van der Waals surface area contributed by atoms with Gasteiger partial charge in [-0.15, -0.1) is 0 Å². The molecule has 2 aromatic rings. The molecule has 104 valence electrons. The number of fused-ring (bicyclic) bond motifs is 1. The topological polar surface area (TPSA) is 63.9 Å². The van der Waals surface area contributed by atoms with Gasteiger partial charge in [-0.3, -0.25) is 9.89 Å². The fourth-order valence-corrected chi connectivity index (χ4v) is 2.66. The van der Waals surface area contributed by atoms with Gasteiger partial charge in [0.05, 0.1) is 12.1 Å². The lowest BCUT2D eigenvalue weighted by Gasteiger charge is -2.29. The van der Waals surface area contributed by atoms with E-state index in [0.29, 0.717) is 11.7 Å². The van der Waals surface area contributed by atoms with Gasteiger partial charge < -0.3 is 15.3 Å². The maximum atomic E-state index is 11.7. The zero-order valence-electron chi connectivity index (χ0n) is 11.2. The highest BCUT2D eigenvalue weighted by Crippen LogP contribution is 2.17. The van der Waals surface area contributed by atoms with Crippen LogP contribution >= 0.6 is 12.2 Å². The van der Waals surface area contributed by atoms with Crippen molar-refractivity contribution in [2.24, 2.45) is 0 Å². The highest BCUT2D eigenvalue weighted by Gasteiger charge is 2.22. The summed E-state index contributed by atoms with van der Waals surface area (Å²) in [6.45, 7) is 3.39. The van der Waals surface area contributed by atoms with Gasteiger partial charge in [0.2, 0.25) is 0 Å². The van der Waals surface area contributed by atoms with Crippen LogP contribution in [0.3, 0.4) is 0 Å². The van der Waals surface area contributed by atoms with E-state index in [-0.39, 0.29) is 5.56 Å². The number of aromatic amines is 2. The molecule has 0 radical (unpaired) electrons. The summed E-state index contributed by atoms with van der Waals surface area (Å²) < 4.78 is 0. The van der Waals surface area contributed by atoms with Gasteiger partial charge >= 0.3 is 0 Å². The molecule has 0 saturated carbocycles. The molecule has 1 aliphatic heterocycles. The summed E-state index contributed by atoms with van der Waals surface area (Å²) in [6, 6.07) is 8.01. The molecule has 3 N–H and O–H groups in total. The molecular weight excluding hydrogens is 272 g/mol. The maximum absolute atomic E-state index is 11.7. The van der Waals surface area contributed by atoms with E-state index in [1.807, 2.05) is 36.1 Å². The Kier molecular flexibility index (Phi) is 3.31. The first-order valence-corrected chi connectivity index (χ1v) is 6.96. The van der Waals surface area contributed by atoms with Gasteiger partial charge in [-0.25, -0.2) is 0 Å². The fraction of sp³-hybridized carbons (Fsp3) is 0.286. The molecule has 0 amide bonds. The van der Waals surface area contributed by atoms with Gasteiger partial charge in [0.1, 0.15) is 0 Å². The number of H-pyrrole nitrogens is 2. The van der Waals surface area contributed by atoms with Crippen LogP contribution in [-0.4, -0.2) is 26.8 Å². The quantitative estimate of drug-likeness (QED) is 0.700. The Labute approximate surface area is 122 Å². The molecule has 2 heterocycles. The molecule has 0 fully saturated rings. The van der Waals surface area contributed by atoms with Crippen molar-refractivity contribution >= 4 is 23.0 Å². The monoisotopic (exact) mass is 288 g/mol. The number of hydrogen-bond acceptors (Lipinski definition) is 2. The molecule has 0 unspecified atom stereocenters. The van der Waals surface area contributed by atoms with Gasteiger partial charge in [-0.05, 0) is 30.8 Å². The summed E-state index contributed by atoms with van der Waals surface area (Å²) in [4.78, 5) is 13.7. The third-order valence-electron chi connectivity index (χ3n) is 3.62. The van der Waals surface area contributed by atoms with Crippen molar-refractivity contribution in [2.75, 3.05) is 11.9 Å². The van der Waals surface area contributed by atoms with Crippen LogP contribution in [0.2, 0.25) is 0 Å². The normalized spacial score (nSPS) is 13.9. The molecule has 0 atom stereocenters. The van der Waals surface area contributed by atoms with Crippen molar-refractivity contribution in [2.45, 2.75) is 19.9 Å². The number of thiocarbonyl (C=S) groups is 1. The molecule has 1 aromatic carbocycles. The van der Waals surface area contributed by atoms with Gasteiger partial charge in [0, 0.05) is 24.3 Å². The highest BCUT2D eigenvalue weighted by molar-refractivity contribution is 7.80. The average molecular weight is 288 g/mol. The van der Waals surface area contributed by atoms with Crippen LogP contribution in [0.25, 0.3) is 0 Å². The van der Waals surface area contributed by atoms with Gasteiger partial charge in [0.25, 0.3) is 5.56 Å². The summed E-state index contributed by atoms with van der Waals surface area (Å²) in [6.07, 6.45) is 0.795. The number of hydrogen-bond donors (Lipinski definition) is 3. The van der Waals surface area contributed by atoms with Crippen molar-refractivity contribution in [3.8, 4) is 0 Å². The molecule has 1 aromatic heterocycles. The Morgan fingerprint density at radius 2 is 2.15 bits per heavy atom. The standard InChI is InChI=1S/C14H16N4OS/c1-9-4-2-3-5-11(9)15-14(20)18-7-6-12-10(8-18)13(19)17-16-12/h2-5H,6-8H2,1H3,(H,15,20)(H2,16,17,19). The van der Waals surface area contributed by atoms with Gasteiger partial charge in [0.15, 0.2) is 5.11 Å². The van der Waals surface area contributed by atoms with Crippen LogP contribution in [0, 0.1) is 6.92 Å². The van der Waals surface area contributed by atoms with Gasteiger partial charge in [-0.2, -0.15) is 0 Å². The average Bonchev–Trinajstić information content (AvgIpc) is 2.82. The first kappa shape index (κ1) is 12.9. The van der Waals surface area contributed by atoms with Gasteiger partial charge in [-0.1, -0.05) is 18.2 Å². The fourth-order valence-electron chi connectivity index (χ4n) is 2.40. The van der Waals surface area contributed by atoms with E-state index >= 15 is 0 Å². The van der Waals surface area contributed by atoms with E-state index in [4.69, 9.17) is 12.2 Å². The summed E-state index contributed by atoms with van der Waals surface area (Å²) >= 11 is 5.45. The minimum absolute atomic E-state index is 0.0524. The molecule has 3 rings (SSSR count). The van der Waals surface area contributed by atoms with E-state index in [1.54, 1.807) is 0 Å². The molecule has 6 heteroatoms. The molecular formula is C14H16N4OS. The van der Waals surface area contributed by atoms with Crippen molar-refractivity contribution in [3.63, 3.8) is 0 Å². The Hall–Kier alpha value is -2.08. The number of aromatic nitrogens is 2. The largest absolute Gasteiger partial charge is 0.344 e. The second-order valence-corrected chi connectivity index (χ2v) is 5.34. The van der Waals surface area contributed by atoms with E-state index in [1.165, 1.54) is 0 Å². The molecule has 0 bridgehead atoms. The Balaban J connectivity index is 1.75. The number of rotatable bonds is 1. The molecule has 20 heavy (non-hydrogen) atoms. The van der Waals surface area contributed by atoms with E-state index in [9.17, 15) is 4.79 Å². The molecule has 1 aliphatic rings. The highest BCUT2D eigenvalue weighted by atomic mass is 32.1. The predicted molar refractivity (Wildman–Crippen MR) is 82.9 cm³/mol. The smallest absolute Gasteiger partial charge is 0.269 e. The Morgan fingerprint density at radius 1 is 1.35 bits per heavy atom. The Morgan fingerprint density at radius 3 is 2.95 bits per heavy atom. The zero-order chi connectivity index (χ0) is 14.1. The van der Waals surface area contributed by atoms with E-state index < -0.39 is 0 Å². The minimum atomic E-state index is -0.0524. The number of aryl methyl sites for hydroxylation is 1. The van der Waals surface area contributed by atoms with Crippen LogP contribution in [0.15, 0.2) is 29.1 Å². The van der Waals surface area contributed by atoms with Crippen LogP contribution in [-0.2, 0) is 13.0 Å². The second kappa shape index (κ2) is 5.13. The third-order valence-corrected chi connectivity index (χ3v) is 3.98. The lowest BCUT2D eigenvalue weighted by Crippen LogP contribution is -2.39.